The van der Waals surface area contributed by atoms with Crippen molar-refractivity contribution in [1.29, 1.82) is 0 Å². The molecule has 0 spiro atoms. The summed E-state index contributed by atoms with van der Waals surface area (Å²) in [4.78, 5) is 0. The van der Waals surface area contributed by atoms with Crippen LogP contribution in [0.5, 0.6) is 0 Å². The molecule has 0 atom stereocenters. The largest absolute Gasteiger partial charge is 0.309 e. The SMILES string of the molecule is c1ccc(-n2c3ccccc3c3ccc(-n4c5ccccc5c5ccc6c(c7ccccc7n6-c6cccc(-c7ccc8c9ccccc9c9ccccc9c8c7)c6)c54)cc32)cc1. The van der Waals surface area contributed by atoms with Crippen molar-refractivity contribution in [1.82, 2.24) is 13.7 Å². The Kier molecular flexibility index (Phi) is 7.11. The van der Waals surface area contributed by atoms with Gasteiger partial charge in [0.05, 0.1) is 33.1 Å². The highest BCUT2D eigenvalue weighted by atomic mass is 15.0. The van der Waals surface area contributed by atoms with Crippen LogP contribution >= 0.6 is 0 Å². The van der Waals surface area contributed by atoms with Crippen molar-refractivity contribution in [2.24, 2.45) is 0 Å². The van der Waals surface area contributed by atoms with Crippen LogP contribution in [0.4, 0.5) is 0 Å². The van der Waals surface area contributed by atoms with E-state index in [1.165, 1.54) is 109 Å². The summed E-state index contributed by atoms with van der Waals surface area (Å²) in [5.41, 5.74) is 13.0. The van der Waals surface area contributed by atoms with Gasteiger partial charge in [0.25, 0.3) is 0 Å². The van der Waals surface area contributed by atoms with Crippen molar-refractivity contribution in [3.63, 3.8) is 0 Å². The molecule has 0 amide bonds. The second kappa shape index (κ2) is 13.1. The third kappa shape index (κ3) is 4.85. The standard InChI is InChI=1S/C60H37N3/c1-2-16-40(17-3-1)61-54-26-11-8-23-48(54)50-32-30-42(37-58(50)61)63-55-27-12-9-24-49(55)51-33-34-57-59(60(51)63)52-25-10-13-28-56(52)62(57)41-18-14-15-38(35-41)39-29-31-47-45-21-5-4-19-43(45)44-20-6-7-22-46(44)53(47)36-39/h1-37H. The lowest BCUT2D eigenvalue weighted by Gasteiger charge is -2.14. The molecule has 0 N–H and O–H groups in total. The van der Waals surface area contributed by atoms with Gasteiger partial charge in [0, 0.05) is 49.4 Å². The van der Waals surface area contributed by atoms with E-state index in [-0.39, 0.29) is 0 Å². The van der Waals surface area contributed by atoms with Crippen LogP contribution < -0.4 is 0 Å². The van der Waals surface area contributed by atoms with Crippen LogP contribution in [0.3, 0.4) is 0 Å². The average molecular weight is 800 g/mol. The molecule has 0 saturated heterocycles. The topological polar surface area (TPSA) is 14.8 Å². The number of benzene rings is 11. The number of nitrogens with zero attached hydrogens (tertiary/aromatic N) is 3. The molecular formula is C60H37N3. The smallest absolute Gasteiger partial charge is 0.0641 e. The summed E-state index contributed by atoms with van der Waals surface area (Å²) in [5, 5.41) is 15.2. The molecule has 3 heteroatoms. The molecule has 0 bridgehead atoms. The number of para-hydroxylation sites is 4. The number of rotatable bonds is 4. The van der Waals surface area contributed by atoms with Crippen molar-refractivity contribution in [3.8, 4) is 28.2 Å². The minimum atomic E-state index is 1.14. The Labute approximate surface area is 362 Å². The van der Waals surface area contributed by atoms with Crippen molar-refractivity contribution >= 4 is 97.7 Å². The summed E-state index contributed by atoms with van der Waals surface area (Å²) in [5.74, 6) is 0. The first kappa shape index (κ1) is 34.3. The normalized spacial score (nSPS) is 12.1. The predicted octanol–water partition coefficient (Wildman–Crippen LogP) is 16.1. The molecule has 0 radical (unpaired) electrons. The molecule has 0 aliphatic carbocycles. The summed E-state index contributed by atoms with van der Waals surface area (Å²) in [7, 11) is 0. The molecule has 14 aromatic rings. The Morgan fingerprint density at radius 1 is 0.206 bits per heavy atom. The summed E-state index contributed by atoms with van der Waals surface area (Å²) >= 11 is 0. The maximum Gasteiger partial charge on any atom is 0.0641 e. The fraction of sp³-hybridized carbons (Fsp3) is 0. The van der Waals surface area contributed by atoms with E-state index in [1.807, 2.05) is 0 Å². The van der Waals surface area contributed by atoms with E-state index in [4.69, 9.17) is 0 Å². The van der Waals surface area contributed by atoms with Crippen LogP contribution in [0, 0.1) is 0 Å². The van der Waals surface area contributed by atoms with Crippen molar-refractivity contribution in [2.75, 3.05) is 0 Å². The third-order valence-corrected chi connectivity index (χ3v) is 13.6. The van der Waals surface area contributed by atoms with E-state index in [0.29, 0.717) is 0 Å². The molecule has 14 rings (SSSR count). The van der Waals surface area contributed by atoms with Crippen molar-refractivity contribution in [2.45, 2.75) is 0 Å². The Morgan fingerprint density at radius 2 is 0.667 bits per heavy atom. The lowest BCUT2D eigenvalue weighted by Crippen LogP contribution is -1.97. The van der Waals surface area contributed by atoms with Gasteiger partial charge >= 0.3 is 0 Å². The molecule has 3 nitrogen and oxygen atoms in total. The number of hydrogen-bond acceptors (Lipinski definition) is 0. The van der Waals surface area contributed by atoms with Gasteiger partial charge in [-0.15, -0.1) is 0 Å². The third-order valence-electron chi connectivity index (χ3n) is 13.6. The minimum Gasteiger partial charge on any atom is -0.309 e. The van der Waals surface area contributed by atoms with Crippen molar-refractivity contribution in [3.05, 3.63) is 224 Å². The zero-order valence-corrected chi connectivity index (χ0v) is 34.2. The van der Waals surface area contributed by atoms with Crippen LogP contribution in [0.2, 0.25) is 0 Å². The molecule has 0 fully saturated rings. The van der Waals surface area contributed by atoms with E-state index < -0.39 is 0 Å². The summed E-state index contributed by atoms with van der Waals surface area (Å²) in [6.45, 7) is 0. The fourth-order valence-electron chi connectivity index (χ4n) is 10.9. The van der Waals surface area contributed by atoms with E-state index in [2.05, 4.69) is 238 Å². The Balaban J connectivity index is 1.02. The van der Waals surface area contributed by atoms with Crippen LogP contribution in [0.15, 0.2) is 224 Å². The van der Waals surface area contributed by atoms with Gasteiger partial charge < -0.3 is 13.7 Å². The molecule has 63 heavy (non-hydrogen) atoms. The first-order chi connectivity index (χ1) is 31.3. The molecule has 3 heterocycles. The molecule has 0 unspecified atom stereocenters. The molecule has 0 saturated carbocycles. The summed E-state index contributed by atoms with van der Waals surface area (Å²) < 4.78 is 7.39. The second-order valence-electron chi connectivity index (χ2n) is 16.9. The average Bonchev–Trinajstić information content (AvgIpc) is 4.00. The minimum absolute atomic E-state index is 1.14. The highest BCUT2D eigenvalue weighted by Crippen LogP contribution is 2.44. The van der Waals surface area contributed by atoms with E-state index in [0.717, 1.165) is 17.1 Å². The number of fused-ring (bicyclic) bond motifs is 16. The maximum absolute atomic E-state index is 2.51. The maximum atomic E-state index is 2.51. The fourth-order valence-corrected chi connectivity index (χ4v) is 10.9. The van der Waals surface area contributed by atoms with Gasteiger partial charge in [-0.2, -0.15) is 0 Å². The quantitative estimate of drug-likeness (QED) is 0.158. The number of aromatic nitrogens is 3. The Bertz CT molecular complexity index is 4160. The Hall–Kier alpha value is -8.40. The number of hydrogen-bond donors (Lipinski definition) is 0. The van der Waals surface area contributed by atoms with E-state index in [1.54, 1.807) is 0 Å². The van der Waals surface area contributed by atoms with Gasteiger partial charge in [0.15, 0.2) is 0 Å². The lowest BCUT2D eigenvalue weighted by molar-refractivity contribution is 1.16. The van der Waals surface area contributed by atoms with E-state index >= 15 is 0 Å². The van der Waals surface area contributed by atoms with E-state index in [9.17, 15) is 0 Å². The Morgan fingerprint density at radius 3 is 1.38 bits per heavy atom. The molecule has 0 aliphatic heterocycles. The van der Waals surface area contributed by atoms with Gasteiger partial charge in [-0.3, -0.25) is 0 Å². The van der Waals surface area contributed by atoms with Crippen molar-refractivity contribution < 1.29 is 0 Å². The predicted molar refractivity (Wildman–Crippen MR) is 267 cm³/mol. The monoisotopic (exact) mass is 799 g/mol. The first-order valence-corrected chi connectivity index (χ1v) is 21.8. The van der Waals surface area contributed by atoms with Crippen LogP contribution in [0.25, 0.3) is 126 Å². The second-order valence-corrected chi connectivity index (χ2v) is 16.9. The highest BCUT2D eigenvalue weighted by molar-refractivity contribution is 6.27. The summed E-state index contributed by atoms with van der Waals surface area (Å²) in [6.07, 6.45) is 0. The molecule has 292 valence electrons. The molecule has 11 aromatic carbocycles. The van der Waals surface area contributed by atoms with Gasteiger partial charge in [-0.05, 0) is 110 Å². The molecular weight excluding hydrogens is 763 g/mol. The highest BCUT2D eigenvalue weighted by Gasteiger charge is 2.22. The molecule has 3 aromatic heterocycles. The van der Waals surface area contributed by atoms with Gasteiger partial charge in [0.1, 0.15) is 0 Å². The van der Waals surface area contributed by atoms with Crippen LogP contribution in [0.1, 0.15) is 0 Å². The van der Waals surface area contributed by atoms with Gasteiger partial charge in [-0.25, -0.2) is 0 Å². The first-order valence-electron chi connectivity index (χ1n) is 21.8. The molecule has 0 aliphatic rings. The van der Waals surface area contributed by atoms with Crippen LogP contribution in [-0.4, -0.2) is 13.7 Å². The summed E-state index contributed by atoms with van der Waals surface area (Å²) in [6, 6.07) is 82.8. The zero-order chi connectivity index (χ0) is 41.2. The zero-order valence-electron chi connectivity index (χ0n) is 34.2. The van der Waals surface area contributed by atoms with Gasteiger partial charge in [0.2, 0.25) is 0 Å². The lowest BCUT2D eigenvalue weighted by atomic mass is 9.92. The van der Waals surface area contributed by atoms with Gasteiger partial charge in [-0.1, -0.05) is 158 Å². The van der Waals surface area contributed by atoms with Crippen LogP contribution in [-0.2, 0) is 0 Å².